The third-order valence-corrected chi connectivity index (χ3v) is 9.24. The monoisotopic (exact) mass is 562 g/mol. The number of anilines is 1. The van der Waals surface area contributed by atoms with Crippen molar-refractivity contribution in [1.82, 2.24) is 10.3 Å². The molecule has 1 aliphatic carbocycles. The summed E-state index contributed by atoms with van der Waals surface area (Å²) in [4.78, 5) is 20.8. The maximum absolute atomic E-state index is 13.7. The smallest absolute Gasteiger partial charge is 0.226 e. The lowest BCUT2D eigenvalue weighted by atomic mass is 9.76. The first kappa shape index (κ1) is 28.2. The van der Waals surface area contributed by atoms with Gasteiger partial charge in [0.2, 0.25) is 11.8 Å². The summed E-state index contributed by atoms with van der Waals surface area (Å²) in [5.74, 6) is 1.18. The van der Waals surface area contributed by atoms with Gasteiger partial charge in [0, 0.05) is 28.7 Å². The van der Waals surface area contributed by atoms with Crippen LogP contribution >= 0.6 is 0 Å². The fourth-order valence-electron chi connectivity index (χ4n) is 5.69. The number of aromatic nitrogens is 1. The molecule has 2 fully saturated rings. The van der Waals surface area contributed by atoms with Crippen molar-refractivity contribution in [3.8, 4) is 28.8 Å². The van der Waals surface area contributed by atoms with Crippen LogP contribution in [0.3, 0.4) is 0 Å². The molecule has 210 valence electrons. The van der Waals surface area contributed by atoms with Gasteiger partial charge in [0.15, 0.2) is 0 Å². The van der Waals surface area contributed by atoms with Gasteiger partial charge in [-0.2, -0.15) is 5.26 Å². The third-order valence-electron chi connectivity index (χ3n) is 7.97. The van der Waals surface area contributed by atoms with E-state index in [9.17, 15) is 19.0 Å². The SMILES string of the molecule is CC(C)[C@@H](C#N)NC(=O)[C@@H]1CCCC[C@H]1c1oc(-c2ccc(F)cc2)nc1-c1ccccc1N1CC[S+]([O-])CC1. The number of rotatable bonds is 7. The number of carbonyl (C=O) groups excluding carboxylic acids is 1. The van der Waals surface area contributed by atoms with Crippen LogP contribution in [0, 0.1) is 29.0 Å². The standard InChI is InChI=1S/C31H35FN4O3S/c1-20(2)26(19-33)34-30(37)24-8-4-3-7-23(24)29-28(35-31(39-29)21-11-13-22(32)14-12-21)25-9-5-6-10-27(25)36-15-17-40(38)18-16-36/h5-6,9-14,20,23-24,26H,3-4,7-8,15-18H2,1-2H3,(H,34,37)/t23-,24-,26-/m1/s1. The van der Waals surface area contributed by atoms with Gasteiger partial charge in [-0.15, -0.1) is 0 Å². The Kier molecular flexibility index (Phi) is 8.77. The van der Waals surface area contributed by atoms with Gasteiger partial charge >= 0.3 is 0 Å². The van der Waals surface area contributed by atoms with E-state index in [4.69, 9.17) is 9.40 Å². The van der Waals surface area contributed by atoms with Crippen molar-refractivity contribution >= 4 is 22.8 Å². The number of nitrogens with one attached hydrogen (secondary N) is 1. The number of nitrogens with zero attached hydrogens (tertiary/aromatic N) is 3. The van der Waals surface area contributed by atoms with Crippen LogP contribution in [0.1, 0.15) is 51.2 Å². The minimum atomic E-state index is -0.810. The molecule has 5 rings (SSSR count). The Labute approximate surface area is 238 Å². The first-order valence-electron chi connectivity index (χ1n) is 14.0. The molecular weight excluding hydrogens is 527 g/mol. The second-order valence-corrected chi connectivity index (χ2v) is 12.6. The van der Waals surface area contributed by atoms with Gasteiger partial charge in [0.05, 0.1) is 19.2 Å². The van der Waals surface area contributed by atoms with Crippen molar-refractivity contribution in [2.75, 3.05) is 29.5 Å². The number of oxazole rings is 1. The Hall–Kier alpha value is -3.35. The molecule has 40 heavy (non-hydrogen) atoms. The van der Waals surface area contributed by atoms with Gasteiger partial charge in [0.25, 0.3) is 0 Å². The number of halogens is 1. The molecule has 1 aromatic heterocycles. The van der Waals surface area contributed by atoms with Gasteiger partial charge in [-0.05, 0) is 49.1 Å². The number of amides is 1. The molecule has 0 spiro atoms. The molecule has 2 aliphatic rings. The van der Waals surface area contributed by atoms with Gasteiger partial charge in [-0.25, -0.2) is 9.37 Å². The summed E-state index contributed by atoms with van der Waals surface area (Å²) < 4.78 is 32.3. The molecule has 0 unspecified atom stereocenters. The molecule has 0 bridgehead atoms. The van der Waals surface area contributed by atoms with Crippen LogP contribution in [-0.4, -0.2) is 46.1 Å². The number of para-hydroxylation sites is 1. The second kappa shape index (κ2) is 12.4. The van der Waals surface area contributed by atoms with E-state index < -0.39 is 17.2 Å². The topological polar surface area (TPSA) is 105 Å². The van der Waals surface area contributed by atoms with E-state index in [0.717, 1.165) is 30.5 Å². The normalized spacial score (nSPS) is 20.8. The first-order chi connectivity index (χ1) is 19.4. The average molecular weight is 563 g/mol. The van der Waals surface area contributed by atoms with E-state index in [0.29, 0.717) is 53.9 Å². The second-order valence-electron chi connectivity index (χ2n) is 10.9. The molecule has 1 aliphatic heterocycles. The Morgan fingerprint density at radius 2 is 1.85 bits per heavy atom. The van der Waals surface area contributed by atoms with Crippen LogP contribution in [-0.2, 0) is 16.0 Å². The van der Waals surface area contributed by atoms with E-state index in [2.05, 4.69) is 16.3 Å². The summed E-state index contributed by atoms with van der Waals surface area (Å²) in [5.41, 5.74) is 3.21. The van der Waals surface area contributed by atoms with Crippen molar-refractivity contribution in [1.29, 1.82) is 5.26 Å². The van der Waals surface area contributed by atoms with Crippen LogP contribution in [0.25, 0.3) is 22.7 Å². The summed E-state index contributed by atoms with van der Waals surface area (Å²) >= 11 is -0.810. The van der Waals surface area contributed by atoms with E-state index >= 15 is 0 Å². The maximum Gasteiger partial charge on any atom is 0.226 e. The molecule has 7 nitrogen and oxygen atoms in total. The Morgan fingerprint density at radius 3 is 2.55 bits per heavy atom. The molecule has 2 heterocycles. The zero-order chi connectivity index (χ0) is 28.2. The zero-order valence-electron chi connectivity index (χ0n) is 22.9. The summed E-state index contributed by atoms with van der Waals surface area (Å²) in [5, 5.41) is 12.6. The zero-order valence-corrected chi connectivity index (χ0v) is 23.8. The molecule has 0 radical (unpaired) electrons. The molecule has 3 atom stereocenters. The highest BCUT2D eigenvalue weighted by molar-refractivity contribution is 7.91. The highest BCUT2D eigenvalue weighted by Gasteiger charge is 2.38. The summed E-state index contributed by atoms with van der Waals surface area (Å²) in [6.07, 6.45) is 3.32. The van der Waals surface area contributed by atoms with E-state index in [1.165, 1.54) is 12.1 Å². The van der Waals surface area contributed by atoms with Crippen LogP contribution in [0.2, 0.25) is 0 Å². The summed E-state index contributed by atoms with van der Waals surface area (Å²) in [7, 11) is 0. The predicted octanol–water partition coefficient (Wildman–Crippen LogP) is 5.65. The van der Waals surface area contributed by atoms with Crippen LogP contribution < -0.4 is 10.2 Å². The van der Waals surface area contributed by atoms with Gasteiger partial charge in [0.1, 0.15) is 34.8 Å². The van der Waals surface area contributed by atoms with E-state index in [1.807, 2.05) is 38.1 Å². The minimum absolute atomic E-state index is 0.00680. The fourth-order valence-corrected chi connectivity index (χ4v) is 6.74. The lowest BCUT2D eigenvalue weighted by Crippen LogP contribution is -2.43. The van der Waals surface area contributed by atoms with E-state index in [1.54, 1.807) is 12.1 Å². The van der Waals surface area contributed by atoms with Gasteiger partial charge in [-0.1, -0.05) is 56.1 Å². The van der Waals surface area contributed by atoms with Crippen LogP contribution in [0.15, 0.2) is 52.9 Å². The molecule has 1 N–H and O–H groups in total. The summed E-state index contributed by atoms with van der Waals surface area (Å²) in [6, 6.07) is 15.7. The quantitative estimate of drug-likeness (QED) is 0.373. The average Bonchev–Trinajstić information content (AvgIpc) is 3.41. The largest absolute Gasteiger partial charge is 0.616 e. The van der Waals surface area contributed by atoms with Crippen LogP contribution in [0.5, 0.6) is 0 Å². The Bertz CT molecular complexity index is 1360. The molecule has 1 saturated carbocycles. The van der Waals surface area contributed by atoms with Gasteiger partial charge in [-0.3, -0.25) is 4.79 Å². The molecule has 9 heteroatoms. The highest BCUT2D eigenvalue weighted by atomic mass is 32.2. The number of hydrogen-bond donors (Lipinski definition) is 1. The predicted molar refractivity (Wildman–Crippen MR) is 155 cm³/mol. The highest BCUT2D eigenvalue weighted by Crippen LogP contribution is 2.45. The number of benzene rings is 2. The minimum Gasteiger partial charge on any atom is -0.616 e. The number of hydrogen-bond acceptors (Lipinski definition) is 6. The molecule has 1 amide bonds. The van der Waals surface area contributed by atoms with Crippen molar-refractivity contribution in [2.24, 2.45) is 11.8 Å². The van der Waals surface area contributed by atoms with Gasteiger partial charge < -0.3 is 19.2 Å². The van der Waals surface area contributed by atoms with Crippen molar-refractivity contribution in [3.05, 3.63) is 60.1 Å². The fraction of sp³-hybridized carbons (Fsp3) is 0.452. The lowest BCUT2D eigenvalue weighted by Gasteiger charge is -2.32. The van der Waals surface area contributed by atoms with Crippen molar-refractivity contribution in [2.45, 2.75) is 51.5 Å². The lowest BCUT2D eigenvalue weighted by molar-refractivity contribution is -0.127. The first-order valence-corrected chi connectivity index (χ1v) is 15.5. The molecule has 1 saturated heterocycles. The Morgan fingerprint density at radius 1 is 1.15 bits per heavy atom. The third kappa shape index (κ3) is 6.03. The number of carbonyl (C=O) groups is 1. The van der Waals surface area contributed by atoms with Crippen molar-refractivity contribution < 1.29 is 18.2 Å². The molecule has 2 aromatic carbocycles. The van der Waals surface area contributed by atoms with Crippen LogP contribution in [0.4, 0.5) is 10.1 Å². The molecular formula is C31H35FN4O3S. The van der Waals surface area contributed by atoms with Crippen molar-refractivity contribution in [3.63, 3.8) is 0 Å². The summed E-state index contributed by atoms with van der Waals surface area (Å²) in [6.45, 7) is 5.20. The number of nitriles is 1. The Balaban J connectivity index is 1.58. The maximum atomic E-state index is 13.7. The van der Waals surface area contributed by atoms with E-state index in [-0.39, 0.29) is 29.5 Å². The molecule has 3 aromatic rings.